The van der Waals surface area contributed by atoms with E-state index in [1.165, 1.54) is 6.20 Å². The molecule has 1 N–H and O–H groups in total. The van der Waals surface area contributed by atoms with E-state index in [4.69, 9.17) is 26.9 Å². The monoisotopic (exact) mass is 316 g/mol. The Balaban J connectivity index is 2.15. The minimum absolute atomic E-state index is 0.0102. The topological polar surface area (TPSA) is 72.1 Å². The Kier molecular flexibility index (Phi) is 5.27. The molecule has 2 rings (SSSR count). The molecule has 0 saturated carbocycles. The van der Waals surface area contributed by atoms with Crippen LogP contribution < -0.4 is 10.2 Å². The molecule has 6 heteroatoms. The van der Waals surface area contributed by atoms with Crippen LogP contribution in [0.3, 0.4) is 0 Å². The first kappa shape index (κ1) is 16.2. The van der Waals surface area contributed by atoms with E-state index < -0.39 is 0 Å². The molecule has 0 amide bonds. The Bertz CT molecular complexity index is 633. The number of halogens is 1. The highest BCUT2D eigenvalue weighted by molar-refractivity contribution is 6.33. The zero-order valence-corrected chi connectivity index (χ0v) is 13.3. The number of rotatable bonds is 3. The van der Waals surface area contributed by atoms with E-state index in [1.807, 2.05) is 26.0 Å². The summed E-state index contributed by atoms with van der Waals surface area (Å²) in [6, 6.07) is 9.17. The summed E-state index contributed by atoms with van der Waals surface area (Å²) in [5, 5.41) is 20.9. The number of benzene rings is 1. The number of hydrogen-bond acceptors (Lipinski definition) is 5. The molecule has 1 aliphatic heterocycles. The van der Waals surface area contributed by atoms with E-state index in [-0.39, 0.29) is 17.8 Å². The fourth-order valence-electron chi connectivity index (χ4n) is 2.47. The average Bonchev–Trinajstić information content (AvgIpc) is 2.47. The Morgan fingerprint density at radius 3 is 2.50 bits per heavy atom. The van der Waals surface area contributed by atoms with Gasteiger partial charge in [0.25, 0.3) is 0 Å². The molecule has 5 nitrogen and oxygen atoms in total. The first-order chi connectivity index (χ1) is 10.5. The van der Waals surface area contributed by atoms with Crippen molar-refractivity contribution in [3.05, 3.63) is 35.0 Å². The second-order valence-electron chi connectivity index (χ2n) is 5.25. The fraction of sp³-hybridized carbons (Fsp3) is 0.375. The van der Waals surface area contributed by atoms with Crippen molar-refractivity contribution in [3.63, 3.8) is 0 Å². The molecule has 0 aliphatic carbocycles. The number of anilines is 2. The largest absolute Gasteiger partial charge is 0.372 e. The smallest absolute Gasteiger partial charge is 0.145 e. The first-order valence-corrected chi connectivity index (χ1v) is 7.38. The molecule has 0 bridgehead atoms. The molecule has 0 aromatic heterocycles. The Labute approximate surface area is 135 Å². The van der Waals surface area contributed by atoms with E-state index in [2.05, 4.69) is 10.2 Å². The first-order valence-electron chi connectivity index (χ1n) is 7.00. The van der Waals surface area contributed by atoms with Gasteiger partial charge < -0.3 is 15.0 Å². The average molecular weight is 317 g/mol. The Morgan fingerprint density at radius 1 is 1.32 bits per heavy atom. The van der Waals surface area contributed by atoms with Crippen LogP contribution in [0.1, 0.15) is 13.8 Å². The summed E-state index contributed by atoms with van der Waals surface area (Å²) >= 11 is 6.37. The number of nitrogens with one attached hydrogen (secondary N) is 1. The highest BCUT2D eigenvalue weighted by atomic mass is 35.5. The Morgan fingerprint density at radius 2 is 1.95 bits per heavy atom. The van der Waals surface area contributed by atoms with Gasteiger partial charge in [-0.2, -0.15) is 10.5 Å². The number of nitriles is 2. The van der Waals surface area contributed by atoms with Crippen LogP contribution in [-0.4, -0.2) is 25.3 Å². The van der Waals surface area contributed by atoms with Gasteiger partial charge in [0.15, 0.2) is 0 Å². The summed E-state index contributed by atoms with van der Waals surface area (Å²) in [6.45, 7) is 5.68. The van der Waals surface area contributed by atoms with Gasteiger partial charge in [-0.05, 0) is 32.0 Å². The predicted molar refractivity (Wildman–Crippen MR) is 86.6 cm³/mol. The van der Waals surface area contributed by atoms with Gasteiger partial charge in [-0.3, -0.25) is 0 Å². The number of allylic oxidation sites excluding steroid dienone is 1. The van der Waals surface area contributed by atoms with Gasteiger partial charge in [0.1, 0.15) is 17.7 Å². The molecule has 1 aromatic rings. The van der Waals surface area contributed by atoms with Crippen LogP contribution in [0.5, 0.6) is 0 Å². The van der Waals surface area contributed by atoms with Crippen molar-refractivity contribution in [1.29, 1.82) is 10.5 Å². The van der Waals surface area contributed by atoms with Crippen molar-refractivity contribution < 1.29 is 4.74 Å². The lowest BCUT2D eigenvalue weighted by Crippen LogP contribution is -2.45. The maximum atomic E-state index is 8.70. The molecule has 1 heterocycles. The normalized spacial score (nSPS) is 20.7. The molecule has 0 spiro atoms. The lowest BCUT2D eigenvalue weighted by Gasteiger charge is -2.37. The second kappa shape index (κ2) is 7.17. The highest BCUT2D eigenvalue weighted by Crippen LogP contribution is 2.31. The zero-order chi connectivity index (χ0) is 16.1. The van der Waals surface area contributed by atoms with Crippen molar-refractivity contribution >= 4 is 23.0 Å². The van der Waals surface area contributed by atoms with Crippen LogP contribution in [0.2, 0.25) is 5.02 Å². The molecular formula is C16H17ClN4O. The van der Waals surface area contributed by atoms with Crippen LogP contribution in [0.25, 0.3) is 0 Å². The van der Waals surface area contributed by atoms with Gasteiger partial charge in [0.2, 0.25) is 0 Å². The fourth-order valence-corrected chi connectivity index (χ4v) is 2.77. The molecule has 2 atom stereocenters. The lowest BCUT2D eigenvalue weighted by atomic mass is 10.2. The number of ether oxygens (including phenoxy) is 1. The highest BCUT2D eigenvalue weighted by Gasteiger charge is 2.23. The summed E-state index contributed by atoms with van der Waals surface area (Å²) < 4.78 is 5.72. The van der Waals surface area contributed by atoms with E-state index in [0.29, 0.717) is 5.02 Å². The van der Waals surface area contributed by atoms with E-state index in [1.54, 1.807) is 18.2 Å². The predicted octanol–water partition coefficient (Wildman–Crippen LogP) is 3.30. The van der Waals surface area contributed by atoms with Crippen LogP contribution >= 0.6 is 11.6 Å². The molecule has 1 fully saturated rings. The third-order valence-electron chi connectivity index (χ3n) is 3.33. The number of hydrogen-bond donors (Lipinski definition) is 1. The van der Waals surface area contributed by atoms with Gasteiger partial charge in [0.05, 0.1) is 22.9 Å². The van der Waals surface area contributed by atoms with Gasteiger partial charge in [0, 0.05) is 25.0 Å². The number of morpholine rings is 1. The van der Waals surface area contributed by atoms with Gasteiger partial charge in [-0.15, -0.1) is 0 Å². The van der Waals surface area contributed by atoms with Crippen molar-refractivity contribution in [2.24, 2.45) is 0 Å². The maximum Gasteiger partial charge on any atom is 0.145 e. The van der Waals surface area contributed by atoms with Crippen molar-refractivity contribution in [2.75, 3.05) is 23.3 Å². The molecule has 1 saturated heterocycles. The summed E-state index contributed by atoms with van der Waals surface area (Å²) in [5.74, 6) is 0. The standard InChI is InChI=1S/C16H17ClN4O/c1-11-9-21(10-12(2)22-11)16-4-3-14(5-15(16)17)20-8-13(6-18)7-19/h3-5,8,11-12,20H,9-10H2,1-2H3. The molecular weight excluding hydrogens is 300 g/mol. The van der Waals surface area contributed by atoms with Crippen LogP contribution in [0.15, 0.2) is 30.0 Å². The quantitative estimate of drug-likeness (QED) is 0.866. The number of nitrogens with zero attached hydrogens (tertiary/aromatic N) is 3. The molecule has 1 aliphatic rings. The van der Waals surface area contributed by atoms with E-state index >= 15 is 0 Å². The maximum absolute atomic E-state index is 8.70. The van der Waals surface area contributed by atoms with E-state index in [9.17, 15) is 0 Å². The third kappa shape index (κ3) is 3.92. The molecule has 0 radical (unpaired) electrons. The molecule has 1 aromatic carbocycles. The summed E-state index contributed by atoms with van der Waals surface area (Å²) in [7, 11) is 0. The minimum atomic E-state index is 0.0102. The summed E-state index contributed by atoms with van der Waals surface area (Å²) in [4.78, 5) is 2.21. The zero-order valence-electron chi connectivity index (χ0n) is 12.5. The van der Waals surface area contributed by atoms with Crippen molar-refractivity contribution in [3.8, 4) is 12.1 Å². The molecule has 2 unspecified atom stereocenters. The molecule has 114 valence electrons. The summed E-state index contributed by atoms with van der Waals surface area (Å²) in [6.07, 6.45) is 1.69. The Hall–Kier alpha value is -2.21. The van der Waals surface area contributed by atoms with Gasteiger partial charge >= 0.3 is 0 Å². The summed E-state index contributed by atoms with van der Waals surface area (Å²) in [5.41, 5.74) is 1.70. The van der Waals surface area contributed by atoms with E-state index in [0.717, 1.165) is 24.5 Å². The van der Waals surface area contributed by atoms with Crippen LogP contribution in [0.4, 0.5) is 11.4 Å². The van der Waals surface area contributed by atoms with Crippen LogP contribution in [-0.2, 0) is 4.74 Å². The lowest BCUT2D eigenvalue weighted by molar-refractivity contribution is -0.00520. The minimum Gasteiger partial charge on any atom is -0.372 e. The second-order valence-corrected chi connectivity index (χ2v) is 5.66. The third-order valence-corrected chi connectivity index (χ3v) is 3.63. The SMILES string of the molecule is CC1CN(c2ccc(NC=C(C#N)C#N)cc2Cl)CC(C)O1. The molecule has 22 heavy (non-hydrogen) atoms. The van der Waals surface area contributed by atoms with Crippen molar-refractivity contribution in [2.45, 2.75) is 26.1 Å². The van der Waals surface area contributed by atoms with Crippen molar-refractivity contribution in [1.82, 2.24) is 0 Å². The van der Waals surface area contributed by atoms with Gasteiger partial charge in [-0.25, -0.2) is 0 Å². The van der Waals surface area contributed by atoms with Crippen LogP contribution in [0, 0.1) is 22.7 Å². The van der Waals surface area contributed by atoms with Gasteiger partial charge in [-0.1, -0.05) is 11.6 Å².